The van der Waals surface area contributed by atoms with E-state index in [0.717, 1.165) is 34.1 Å². The quantitative estimate of drug-likeness (QED) is 0.849. The third-order valence-electron chi connectivity index (χ3n) is 3.40. The van der Waals surface area contributed by atoms with Gasteiger partial charge >= 0.3 is 0 Å². The Labute approximate surface area is 114 Å². The third kappa shape index (κ3) is 2.15. The molecule has 1 aliphatic carbocycles. The molecule has 0 aliphatic heterocycles. The SMILES string of the molecule is Fc1cccc2c1CCC2Nc1ccc(Br)cc1. The van der Waals surface area contributed by atoms with Crippen molar-refractivity contribution >= 4 is 21.6 Å². The van der Waals surface area contributed by atoms with Gasteiger partial charge in [-0.1, -0.05) is 28.1 Å². The summed E-state index contributed by atoms with van der Waals surface area (Å²) in [6, 6.07) is 13.6. The molecule has 1 unspecified atom stereocenters. The summed E-state index contributed by atoms with van der Waals surface area (Å²) in [6.45, 7) is 0. The van der Waals surface area contributed by atoms with Crippen molar-refractivity contribution in [1.82, 2.24) is 0 Å². The number of nitrogens with one attached hydrogen (secondary N) is 1. The van der Waals surface area contributed by atoms with Crippen LogP contribution in [0.3, 0.4) is 0 Å². The second-order valence-electron chi connectivity index (χ2n) is 4.55. The minimum Gasteiger partial charge on any atom is -0.378 e. The highest BCUT2D eigenvalue weighted by atomic mass is 79.9. The Balaban J connectivity index is 1.85. The Morgan fingerprint density at radius 3 is 2.67 bits per heavy atom. The van der Waals surface area contributed by atoms with E-state index in [1.807, 2.05) is 30.3 Å². The Kier molecular flexibility index (Phi) is 3.08. The molecule has 3 rings (SSSR count). The summed E-state index contributed by atoms with van der Waals surface area (Å²) in [5, 5.41) is 3.46. The summed E-state index contributed by atoms with van der Waals surface area (Å²) in [6.07, 6.45) is 1.77. The van der Waals surface area contributed by atoms with Gasteiger partial charge in [-0.25, -0.2) is 4.39 Å². The topological polar surface area (TPSA) is 12.0 Å². The second-order valence-corrected chi connectivity index (χ2v) is 5.47. The van der Waals surface area contributed by atoms with Crippen LogP contribution in [-0.4, -0.2) is 0 Å². The van der Waals surface area contributed by atoms with Crippen LogP contribution in [-0.2, 0) is 6.42 Å². The molecule has 3 heteroatoms. The summed E-state index contributed by atoms with van der Waals surface area (Å²) in [5.74, 6) is -0.0763. The van der Waals surface area contributed by atoms with Gasteiger partial charge in [0.1, 0.15) is 5.82 Å². The predicted octanol–water partition coefficient (Wildman–Crippen LogP) is 4.69. The predicted molar refractivity (Wildman–Crippen MR) is 75.2 cm³/mol. The lowest BCUT2D eigenvalue weighted by atomic mass is 10.1. The number of halogens is 2. The Hall–Kier alpha value is -1.35. The molecule has 1 atom stereocenters. The molecule has 0 fully saturated rings. The van der Waals surface area contributed by atoms with E-state index in [0.29, 0.717) is 0 Å². The largest absolute Gasteiger partial charge is 0.378 e. The van der Waals surface area contributed by atoms with Crippen molar-refractivity contribution in [3.63, 3.8) is 0 Å². The molecule has 0 heterocycles. The van der Waals surface area contributed by atoms with Gasteiger partial charge in [0, 0.05) is 10.2 Å². The smallest absolute Gasteiger partial charge is 0.126 e. The van der Waals surface area contributed by atoms with E-state index in [9.17, 15) is 4.39 Å². The molecule has 0 aromatic heterocycles. The molecule has 1 aliphatic rings. The first kappa shape index (κ1) is 11.7. The van der Waals surface area contributed by atoms with Gasteiger partial charge in [0.15, 0.2) is 0 Å². The molecule has 0 bridgehead atoms. The standard InChI is InChI=1S/C15H13BrFN/c16-10-4-6-11(7-5-10)18-15-9-8-12-13(15)2-1-3-14(12)17/h1-7,15,18H,8-9H2. The molecular weight excluding hydrogens is 293 g/mol. The average Bonchev–Trinajstić information content (AvgIpc) is 2.77. The van der Waals surface area contributed by atoms with Crippen molar-refractivity contribution in [2.24, 2.45) is 0 Å². The molecule has 0 radical (unpaired) electrons. The second kappa shape index (κ2) is 4.73. The lowest BCUT2D eigenvalue weighted by Gasteiger charge is -2.15. The Morgan fingerprint density at radius 2 is 1.89 bits per heavy atom. The molecule has 0 saturated heterocycles. The molecule has 18 heavy (non-hydrogen) atoms. The monoisotopic (exact) mass is 305 g/mol. The third-order valence-corrected chi connectivity index (χ3v) is 3.93. The summed E-state index contributed by atoms with van der Waals surface area (Å²) >= 11 is 3.42. The van der Waals surface area contributed by atoms with Gasteiger partial charge in [-0.05, 0) is 54.3 Å². The number of rotatable bonds is 2. The van der Waals surface area contributed by atoms with Gasteiger partial charge < -0.3 is 5.32 Å². The van der Waals surface area contributed by atoms with Crippen molar-refractivity contribution in [2.45, 2.75) is 18.9 Å². The first-order valence-corrected chi connectivity index (χ1v) is 6.83. The van der Waals surface area contributed by atoms with Gasteiger partial charge in [0.05, 0.1) is 6.04 Å². The normalized spacial score (nSPS) is 17.6. The molecule has 2 aromatic rings. The van der Waals surface area contributed by atoms with Crippen LogP contribution in [0.4, 0.5) is 10.1 Å². The number of fused-ring (bicyclic) bond motifs is 1. The van der Waals surface area contributed by atoms with Gasteiger partial charge in [0.2, 0.25) is 0 Å². The number of benzene rings is 2. The zero-order valence-electron chi connectivity index (χ0n) is 9.79. The molecule has 1 N–H and O–H groups in total. The van der Waals surface area contributed by atoms with E-state index in [1.165, 1.54) is 0 Å². The molecule has 92 valence electrons. The van der Waals surface area contributed by atoms with E-state index in [4.69, 9.17) is 0 Å². The van der Waals surface area contributed by atoms with Crippen LogP contribution in [0.15, 0.2) is 46.9 Å². The van der Waals surface area contributed by atoms with Crippen LogP contribution >= 0.6 is 15.9 Å². The van der Waals surface area contributed by atoms with E-state index in [-0.39, 0.29) is 11.9 Å². The minimum absolute atomic E-state index is 0.0763. The Bertz CT molecular complexity index is 565. The Morgan fingerprint density at radius 1 is 1.11 bits per heavy atom. The molecule has 2 aromatic carbocycles. The highest BCUT2D eigenvalue weighted by Gasteiger charge is 2.24. The molecule has 0 spiro atoms. The first-order valence-electron chi connectivity index (χ1n) is 6.03. The summed E-state index contributed by atoms with van der Waals surface area (Å²) in [7, 11) is 0. The highest BCUT2D eigenvalue weighted by molar-refractivity contribution is 9.10. The molecule has 0 amide bonds. The van der Waals surface area contributed by atoms with Gasteiger partial charge in [-0.2, -0.15) is 0 Å². The van der Waals surface area contributed by atoms with Crippen molar-refractivity contribution in [2.75, 3.05) is 5.32 Å². The van der Waals surface area contributed by atoms with Crippen LogP contribution in [0.5, 0.6) is 0 Å². The molecule has 0 saturated carbocycles. The molecular formula is C15H13BrFN. The van der Waals surface area contributed by atoms with Crippen molar-refractivity contribution in [3.05, 3.63) is 63.9 Å². The maximum Gasteiger partial charge on any atom is 0.126 e. The fourth-order valence-electron chi connectivity index (χ4n) is 2.51. The first-order chi connectivity index (χ1) is 8.74. The fraction of sp³-hybridized carbons (Fsp3) is 0.200. The van der Waals surface area contributed by atoms with Crippen molar-refractivity contribution < 1.29 is 4.39 Å². The van der Waals surface area contributed by atoms with Crippen molar-refractivity contribution in [3.8, 4) is 0 Å². The van der Waals surface area contributed by atoms with E-state index >= 15 is 0 Å². The minimum atomic E-state index is -0.0763. The van der Waals surface area contributed by atoms with E-state index in [2.05, 4.69) is 21.2 Å². The van der Waals surface area contributed by atoms with Crippen LogP contribution in [0.25, 0.3) is 0 Å². The van der Waals surface area contributed by atoms with Crippen molar-refractivity contribution in [1.29, 1.82) is 0 Å². The highest BCUT2D eigenvalue weighted by Crippen LogP contribution is 2.35. The summed E-state index contributed by atoms with van der Waals surface area (Å²) < 4.78 is 14.7. The lowest BCUT2D eigenvalue weighted by molar-refractivity contribution is 0.612. The maximum atomic E-state index is 13.6. The van der Waals surface area contributed by atoms with E-state index in [1.54, 1.807) is 12.1 Å². The summed E-state index contributed by atoms with van der Waals surface area (Å²) in [4.78, 5) is 0. The number of hydrogen-bond donors (Lipinski definition) is 1. The van der Waals surface area contributed by atoms with Crippen LogP contribution in [0.1, 0.15) is 23.6 Å². The fourth-order valence-corrected chi connectivity index (χ4v) is 2.77. The van der Waals surface area contributed by atoms with Crippen LogP contribution in [0.2, 0.25) is 0 Å². The lowest BCUT2D eigenvalue weighted by Crippen LogP contribution is -2.06. The number of hydrogen-bond acceptors (Lipinski definition) is 1. The van der Waals surface area contributed by atoms with E-state index < -0.39 is 0 Å². The van der Waals surface area contributed by atoms with Gasteiger partial charge in [-0.15, -0.1) is 0 Å². The van der Waals surface area contributed by atoms with Crippen LogP contribution < -0.4 is 5.32 Å². The average molecular weight is 306 g/mol. The van der Waals surface area contributed by atoms with Gasteiger partial charge in [0.25, 0.3) is 0 Å². The summed E-state index contributed by atoms with van der Waals surface area (Å²) in [5.41, 5.74) is 3.03. The van der Waals surface area contributed by atoms with Crippen LogP contribution in [0, 0.1) is 5.82 Å². The zero-order valence-corrected chi connectivity index (χ0v) is 11.4. The van der Waals surface area contributed by atoms with Gasteiger partial charge in [-0.3, -0.25) is 0 Å². The molecule has 1 nitrogen and oxygen atoms in total. The maximum absolute atomic E-state index is 13.6. The zero-order chi connectivity index (χ0) is 12.5. The number of anilines is 1.